The molecule has 1 rings (SSSR count). The van der Waals surface area contributed by atoms with Crippen LogP contribution in [0.3, 0.4) is 0 Å². The quantitative estimate of drug-likeness (QED) is 0.516. The van der Waals surface area contributed by atoms with Gasteiger partial charge in [-0.25, -0.2) is 4.39 Å². The van der Waals surface area contributed by atoms with E-state index in [1.807, 2.05) is 0 Å². The van der Waals surface area contributed by atoms with E-state index in [1.54, 1.807) is 19.2 Å². The van der Waals surface area contributed by atoms with Gasteiger partial charge >= 0.3 is 0 Å². The Balaban J connectivity index is 2.40. The van der Waals surface area contributed by atoms with Gasteiger partial charge in [0, 0.05) is 18.9 Å². The fraction of sp³-hybridized carbons (Fsp3) is 0.444. The fourth-order valence-corrected chi connectivity index (χ4v) is 0.849. The van der Waals surface area contributed by atoms with Gasteiger partial charge in [0.15, 0.2) is 0 Å². The molecule has 0 bridgehead atoms. The van der Waals surface area contributed by atoms with E-state index in [9.17, 15) is 4.39 Å². The molecule has 72 valence electrons. The maximum absolute atomic E-state index is 12.1. The summed E-state index contributed by atoms with van der Waals surface area (Å²) in [6.45, 7) is 0.152. The van der Waals surface area contributed by atoms with Crippen molar-refractivity contribution in [3.05, 3.63) is 29.6 Å². The summed E-state index contributed by atoms with van der Waals surface area (Å²) in [7, 11) is 1.56. The van der Waals surface area contributed by atoms with Crippen molar-refractivity contribution in [2.75, 3.05) is 13.9 Å². The second kappa shape index (κ2) is 5.61. The summed E-state index contributed by atoms with van der Waals surface area (Å²) in [5.41, 5.74) is 1.35. The third-order valence-corrected chi connectivity index (χ3v) is 1.49. The molecule has 0 amide bonds. The summed E-state index contributed by atoms with van der Waals surface area (Å²) in [6.07, 6.45) is 1.51. The number of alkyl halides is 1. The number of nitrogens with zero attached hydrogens (tertiary/aromatic N) is 1. The Bertz CT molecular complexity index is 238. The molecule has 1 aromatic heterocycles. The molecule has 0 saturated heterocycles. The molecule has 0 fully saturated rings. The maximum atomic E-state index is 12.1. The zero-order chi connectivity index (χ0) is 9.52. The number of pyridine rings is 1. The van der Waals surface area contributed by atoms with Crippen molar-refractivity contribution in [1.82, 2.24) is 4.98 Å². The van der Waals surface area contributed by atoms with Gasteiger partial charge in [0.05, 0.1) is 12.3 Å². The second-order valence-electron chi connectivity index (χ2n) is 2.55. The normalized spacial score (nSPS) is 10.3. The smallest absolute Gasteiger partial charge is 0.146 e. The van der Waals surface area contributed by atoms with Crippen molar-refractivity contribution in [3.8, 4) is 0 Å². The minimum absolute atomic E-state index is 0.243. The lowest BCUT2D eigenvalue weighted by atomic mass is 10.3. The first-order chi connectivity index (χ1) is 6.36. The van der Waals surface area contributed by atoms with Crippen LogP contribution in [0.15, 0.2) is 18.3 Å². The Kier molecular flexibility index (Phi) is 4.35. The lowest BCUT2D eigenvalue weighted by Crippen LogP contribution is -1.99. The number of ether oxygens (including phenoxy) is 2. The molecule has 0 aliphatic carbocycles. The minimum Gasteiger partial charge on any atom is -0.359 e. The summed E-state index contributed by atoms with van der Waals surface area (Å²) in [6, 6.07) is 3.43. The molecule has 1 heterocycles. The number of aromatic nitrogens is 1. The number of hydrogen-bond donors (Lipinski definition) is 0. The third-order valence-electron chi connectivity index (χ3n) is 1.49. The lowest BCUT2D eigenvalue weighted by molar-refractivity contribution is -0.0401. The predicted molar refractivity (Wildman–Crippen MR) is 45.7 cm³/mol. The van der Waals surface area contributed by atoms with Gasteiger partial charge in [-0.3, -0.25) is 4.98 Å². The van der Waals surface area contributed by atoms with E-state index in [1.165, 1.54) is 6.20 Å². The van der Waals surface area contributed by atoms with Gasteiger partial charge in [0.25, 0.3) is 0 Å². The van der Waals surface area contributed by atoms with E-state index in [-0.39, 0.29) is 6.79 Å². The van der Waals surface area contributed by atoms with Gasteiger partial charge in [0.1, 0.15) is 13.5 Å². The highest BCUT2D eigenvalue weighted by molar-refractivity contribution is 5.12. The predicted octanol–water partition coefficient (Wildman–Crippen LogP) is 1.67. The van der Waals surface area contributed by atoms with Crippen LogP contribution in [0.5, 0.6) is 0 Å². The van der Waals surface area contributed by atoms with Crippen LogP contribution >= 0.6 is 0 Å². The largest absolute Gasteiger partial charge is 0.359 e. The molecule has 0 aliphatic heterocycles. The molecule has 0 unspecified atom stereocenters. The molecule has 13 heavy (non-hydrogen) atoms. The molecule has 0 N–H and O–H groups in total. The highest BCUT2D eigenvalue weighted by Crippen LogP contribution is 2.02. The van der Waals surface area contributed by atoms with E-state index >= 15 is 0 Å². The average Bonchev–Trinajstić information content (AvgIpc) is 2.19. The molecule has 0 radical (unpaired) electrons. The van der Waals surface area contributed by atoms with Crippen LogP contribution in [-0.4, -0.2) is 18.9 Å². The Morgan fingerprint density at radius 2 is 2.31 bits per heavy atom. The SMILES string of the molecule is COCOCc1ccc(CF)cn1. The number of halogens is 1. The molecular weight excluding hydrogens is 173 g/mol. The van der Waals surface area contributed by atoms with E-state index in [0.29, 0.717) is 12.2 Å². The second-order valence-corrected chi connectivity index (χ2v) is 2.55. The minimum atomic E-state index is -0.480. The molecule has 0 aromatic carbocycles. The monoisotopic (exact) mass is 185 g/mol. The Labute approximate surface area is 76.5 Å². The summed E-state index contributed by atoms with van der Waals surface area (Å²) in [5.74, 6) is 0. The van der Waals surface area contributed by atoms with Crippen molar-refractivity contribution < 1.29 is 13.9 Å². The molecule has 0 spiro atoms. The van der Waals surface area contributed by atoms with Gasteiger partial charge in [-0.05, 0) is 6.07 Å². The van der Waals surface area contributed by atoms with Gasteiger partial charge in [-0.15, -0.1) is 0 Å². The molecular formula is C9H12FNO2. The van der Waals surface area contributed by atoms with Crippen molar-refractivity contribution >= 4 is 0 Å². The first-order valence-corrected chi connectivity index (χ1v) is 3.93. The van der Waals surface area contributed by atoms with E-state index < -0.39 is 6.67 Å². The van der Waals surface area contributed by atoms with Crippen LogP contribution in [0.25, 0.3) is 0 Å². The highest BCUT2D eigenvalue weighted by Gasteiger charge is 1.95. The molecule has 0 saturated carbocycles. The zero-order valence-electron chi connectivity index (χ0n) is 7.50. The first kappa shape index (κ1) is 10.1. The summed E-state index contributed by atoms with van der Waals surface area (Å²) < 4.78 is 21.8. The van der Waals surface area contributed by atoms with Crippen molar-refractivity contribution in [2.45, 2.75) is 13.3 Å². The van der Waals surface area contributed by atoms with Crippen LogP contribution < -0.4 is 0 Å². The van der Waals surface area contributed by atoms with Crippen LogP contribution in [0.2, 0.25) is 0 Å². The Morgan fingerprint density at radius 3 is 2.85 bits per heavy atom. The van der Waals surface area contributed by atoms with Crippen molar-refractivity contribution in [2.24, 2.45) is 0 Å². The van der Waals surface area contributed by atoms with Gasteiger partial charge < -0.3 is 9.47 Å². The summed E-state index contributed by atoms with van der Waals surface area (Å²) in [4.78, 5) is 4.00. The van der Waals surface area contributed by atoms with Gasteiger partial charge in [0.2, 0.25) is 0 Å². The number of rotatable bonds is 5. The molecule has 3 nitrogen and oxygen atoms in total. The Hall–Kier alpha value is -1.00. The van der Waals surface area contributed by atoms with Crippen LogP contribution in [0, 0.1) is 0 Å². The molecule has 0 aliphatic rings. The standard InChI is InChI=1S/C9H12FNO2/c1-12-7-13-6-9-3-2-8(4-10)5-11-9/h2-3,5H,4,6-7H2,1H3. The van der Waals surface area contributed by atoms with Crippen molar-refractivity contribution in [3.63, 3.8) is 0 Å². The number of methoxy groups -OCH3 is 1. The van der Waals surface area contributed by atoms with E-state index in [2.05, 4.69) is 4.98 Å². The first-order valence-electron chi connectivity index (χ1n) is 3.93. The fourth-order valence-electron chi connectivity index (χ4n) is 0.849. The van der Waals surface area contributed by atoms with E-state index in [4.69, 9.17) is 9.47 Å². The molecule has 1 aromatic rings. The maximum Gasteiger partial charge on any atom is 0.146 e. The van der Waals surface area contributed by atoms with Crippen LogP contribution in [0.4, 0.5) is 4.39 Å². The number of hydrogen-bond acceptors (Lipinski definition) is 3. The van der Waals surface area contributed by atoms with Crippen LogP contribution in [0.1, 0.15) is 11.3 Å². The average molecular weight is 185 g/mol. The van der Waals surface area contributed by atoms with Gasteiger partial charge in [-0.2, -0.15) is 0 Å². The topological polar surface area (TPSA) is 31.4 Å². The van der Waals surface area contributed by atoms with Crippen molar-refractivity contribution in [1.29, 1.82) is 0 Å². The lowest BCUT2D eigenvalue weighted by Gasteiger charge is -2.02. The van der Waals surface area contributed by atoms with E-state index in [0.717, 1.165) is 5.69 Å². The highest BCUT2D eigenvalue weighted by atomic mass is 19.1. The third kappa shape index (κ3) is 3.48. The van der Waals surface area contributed by atoms with Gasteiger partial charge in [-0.1, -0.05) is 6.07 Å². The molecule has 0 atom stereocenters. The zero-order valence-corrected chi connectivity index (χ0v) is 7.50. The molecule has 4 heteroatoms. The van der Waals surface area contributed by atoms with Crippen LogP contribution in [-0.2, 0) is 22.8 Å². The summed E-state index contributed by atoms with van der Waals surface area (Å²) in [5, 5.41) is 0. The summed E-state index contributed by atoms with van der Waals surface area (Å²) >= 11 is 0. The Morgan fingerprint density at radius 1 is 1.46 bits per heavy atom.